The van der Waals surface area contributed by atoms with Gasteiger partial charge < -0.3 is 5.32 Å². The maximum atomic E-state index is 11.8. The zero-order valence-electron chi connectivity index (χ0n) is 11.3. The third kappa shape index (κ3) is 3.32. The van der Waals surface area contributed by atoms with E-state index in [1.165, 1.54) is 12.2 Å². The van der Waals surface area contributed by atoms with E-state index in [9.17, 15) is 14.4 Å². The fourth-order valence-electron chi connectivity index (χ4n) is 1.90. The Morgan fingerprint density at radius 1 is 1.10 bits per heavy atom. The zero-order chi connectivity index (χ0) is 14.5. The summed E-state index contributed by atoms with van der Waals surface area (Å²) in [5.74, 6) is -0.734. The maximum absolute atomic E-state index is 11.8. The molecule has 0 aliphatic carbocycles. The molecule has 0 saturated heterocycles. The lowest BCUT2D eigenvalue weighted by Gasteiger charge is -2.13. The number of carbonyl (C=O) groups excluding carboxylic acids is 3. The number of benzene rings is 1. The van der Waals surface area contributed by atoms with Crippen molar-refractivity contribution < 1.29 is 14.4 Å². The standard InChI is InChI=1S/C15H16N2O3/c1-11-3-5-12(6-4-11)15(20)16-9-2-10-17-13(18)7-8-14(17)19/h3-8H,2,9-10H2,1H3,(H,16,20). The van der Waals surface area contributed by atoms with Gasteiger partial charge in [-0.3, -0.25) is 19.3 Å². The normalized spacial score (nSPS) is 13.9. The molecule has 0 radical (unpaired) electrons. The summed E-state index contributed by atoms with van der Waals surface area (Å²) in [6.07, 6.45) is 3.05. The first-order valence-corrected chi connectivity index (χ1v) is 6.46. The van der Waals surface area contributed by atoms with E-state index in [0.29, 0.717) is 25.1 Å². The van der Waals surface area contributed by atoms with Crippen molar-refractivity contribution in [3.63, 3.8) is 0 Å². The van der Waals surface area contributed by atoms with Crippen LogP contribution in [-0.2, 0) is 9.59 Å². The Kier molecular flexibility index (Phi) is 4.30. The summed E-state index contributed by atoms with van der Waals surface area (Å²) in [7, 11) is 0. The molecule has 1 aromatic carbocycles. The second kappa shape index (κ2) is 6.14. The SMILES string of the molecule is Cc1ccc(C(=O)NCCCN2C(=O)C=CC2=O)cc1. The molecule has 0 atom stereocenters. The second-order valence-electron chi connectivity index (χ2n) is 4.64. The van der Waals surface area contributed by atoms with Crippen LogP contribution in [0.3, 0.4) is 0 Å². The average Bonchev–Trinajstić information content (AvgIpc) is 2.75. The van der Waals surface area contributed by atoms with Gasteiger partial charge in [0.05, 0.1) is 0 Å². The van der Waals surface area contributed by atoms with Crippen molar-refractivity contribution in [3.8, 4) is 0 Å². The van der Waals surface area contributed by atoms with Crippen molar-refractivity contribution in [2.75, 3.05) is 13.1 Å². The van der Waals surface area contributed by atoms with Gasteiger partial charge in [-0.1, -0.05) is 17.7 Å². The molecule has 0 unspecified atom stereocenters. The molecule has 3 amide bonds. The number of carbonyl (C=O) groups is 3. The number of hydrogen-bond acceptors (Lipinski definition) is 3. The first-order valence-electron chi connectivity index (χ1n) is 6.46. The van der Waals surface area contributed by atoms with Gasteiger partial charge in [0.2, 0.25) is 0 Å². The van der Waals surface area contributed by atoms with Crippen molar-refractivity contribution in [2.24, 2.45) is 0 Å². The zero-order valence-corrected chi connectivity index (χ0v) is 11.3. The number of rotatable bonds is 5. The highest BCUT2D eigenvalue weighted by Gasteiger charge is 2.22. The third-order valence-electron chi connectivity index (χ3n) is 3.06. The molecule has 0 saturated carbocycles. The van der Waals surface area contributed by atoms with Crippen molar-refractivity contribution >= 4 is 17.7 Å². The molecule has 1 N–H and O–H groups in total. The molecular formula is C15H16N2O3. The van der Waals surface area contributed by atoms with E-state index in [-0.39, 0.29) is 17.7 Å². The molecule has 5 nitrogen and oxygen atoms in total. The number of aryl methyl sites for hydroxylation is 1. The predicted molar refractivity (Wildman–Crippen MR) is 74.0 cm³/mol. The average molecular weight is 272 g/mol. The molecule has 5 heteroatoms. The quantitative estimate of drug-likeness (QED) is 0.643. The number of nitrogens with one attached hydrogen (secondary N) is 1. The second-order valence-corrected chi connectivity index (χ2v) is 4.64. The molecule has 1 aromatic rings. The van der Waals surface area contributed by atoms with E-state index in [0.717, 1.165) is 10.5 Å². The maximum Gasteiger partial charge on any atom is 0.253 e. The van der Waals surface area contributed by atoms with E-state index in [1.54, 1.807) is 12.1 Å². The predicted octanol–water partition coefficient (Wildman–Crippen LogP) is 1.04. The van der Waals surface area contributed by atoms with Crippen LogP contribution in [-0.4, -0.2) is 35.7 Å². The lowest BCUT2D eigenvalue weighted by molar-refractivity contribution is -0.136. The van der Waals surface area contributed by atoms with Crippen LogP contribution in [0.15, 0.2) is 36.4 Å². The molecule has 2 rings (SSSR count). The summed E-state index contributed by atoms with van der Waals surface area (Å²) in [5, 5.41) is 2.76. The lowest BCUT2D eigenvalue weighted by atomic mass is 10.1. The van der Waals surface area contributed by atoms with Gasteiger partial charge in [-0.15, -0.1) is 0 Å². The van der Waals surface area contributed by atoms with Crippen LogP contribution in [0.5, 0.6) is 0 Å². The lowest BCUT2D eigenvalue weighted by Crippen LogP contribution is -2.33. The van der Waals surface area contributed by atoms with Crippen LogP contribution >= 0.6 is 0 Å². The van der Waals surface area contributed by atoms with Gasteiger partial charge in [-0.25, -0.2) is 0 Å². The van der Waals surface area contributed by atoms with Crippen LogP contribution in [0, 0.1) is 6.92 Å². The minimum atomic E-state index is -0.292. The van der Waals surface area contributed by atoms with E-state index in [1.807, 2.05) is 19.1 Å². The summed E-state index contributed by atoms with van der Waals surface area (Å²) in [5.41, 5.74) is 1.70. The monoisotopic (exact) mass is 272 g/mol. The van der Waals surface area contributed by atoms with Crippen molar-refractivity contribution in [3.05, 3.63) is 47.5 Å². The Morgan fingerprint density at radius 2 is 1.70 bits per heavy atom. The Morgan fingerprint density at radius 3 is 2.30 bits per heavy atom. The largest absolute Gasteiger partial charge is 0.352 e. The van der Waals surface area contributed by atoms with E-state index < -0.39 is 0 Å². The third-order valence-corrected chi connectivity index (χ3v) is 3.06. The van der Waals surface area contributed by atoms with E-state index in [4.69, 9.17) is 0 Å². The highest BCUT2D eigenvalue weighted by atomic mass is 16.2. The fourth-order valence-corrected chi connectivity index (χ4v) is 1.90. The Balaban J connectivity index is 1.73. The summed E-state index contributed by atoms with van der Waals surface area (Å²) in [4.78, 5) is 35.6. The van der Waals surface area contributed by atoms with Gasteiger partial charge >= 0.3 is 0 Å². The number of amides is 3. The molecule has 1 heterocycles. The smallest absolute Gasteiger partial charge is 0.253 e. The minimum absolute atomic E-state index is 0.151. The molecule has 0 bridgehead atoms. The first kappa shape index (κ1) is 14.0. The molecule has 0 fully saturated rings. The molecule has 1 aliphatic rings. The number of nitrogens with zero attached hydrogens (tertiary/aromatic N) is 1. The minimum Gasteiger partial charge on any atom is -0.352 e. The molecule has 1 aliphatic heterocycles. The van der Waals surface area contributed by atoms with Crippen molar-refractivity contribution in [2.45, 2.75) is 13.3 Å². The van der Waals surface area contributed by atoms with Gasteiger partial charge in [0.25, 0.3) is 17.7 Å². The molecule has 104 valence electrons. The van der Waals surface area contributed by atoms with Crippen molar-refractivity contribution in [1.29, 1.82) is 0 Å². The number of hydrogen-bond donors (Lipinski definition) is 1. The Labute approximate surface area is 117 Å². The van der Waals surface area contributed by atoms with Gasteiger partial charge in [0.1, 0.15) is 0 Å². The van der Waals surface area contributed by atoms with Gasteiger partial charge in [0.15, 0.2) is 0 Å². The first-order chi connectivity index (χ1) is 9.58. The summed E-state index contributed by atoms with van der Waals surface area (Å²) < 4.78 is 0. The van der Waals surface area contributed by atoms with Gasteiger partial charge in [-0.05, 0) is 25.5 Å². The van der Waals surface area contributed by atoms with Crippen LogP contribution in [0.25, 0.3) is 0 Å². The highest BCUT2D eigenvalue weighted by molar-refractivity contribution is 6.12. The molecule has 20 heavy (non-hydrogen) atoms. The fraction of sp³-hybridized carbons (Fsp3) is 0.267. The molecular weight excluding hydrogens is 256 g/mol. The summed E-state index contributed by atoms with van der Waals surface area (Å²) >= 11 is 0. The molecule has 0 spiro atoms. The van der Waals surface area contributed by atoms with Crippen LogP contribution in [0.2, 0.25) is 0 Å². The van der Waals surface area contributed by atoms with Crippen LogP contribution in [0.4, 0.5) is 0 Å². The van der Waals surface area contributed by atoms with Crippen molar-refractivity contribution in [1.82, 2.24) is 10.2 Å². The Hall–Kier alpha value is -2.43. The van der Waals surface area contributed by atoms with Gasteiger partial charge in [0, 0.05) is 30.8 Å². The highest BCUT2D eigenvalue weighted by Crippen LogP contribution is 2.05. The van der Waals surface area contributed by atoms with Crippen LogP contribution in [0.1, 0.15) is 22.3 Å². The summed E-state index contributed by atoms with van der Waals surface area (Å²) in [6, 6.07) is 7.29. The van der Waals surface area contributed by atoms with E-state index in [2.05, 4.69) is 5.32 Å². The van der Waals surface area contributed by atoms with E-state index >= 15 is 0 Å². The van der Waals surface area contributed by atoms with Gasteiger partial charge in [-0.2, -0.15) is 0 Å². The summed E-state index contributed by atoms with van der Waals surface area (Å²) in [6.45, 7) is 2.70. The topological polar surface area (TPSA) is 66.5 Å². The Bertz CT molecular complexity index is 543. The number of imide groups is 1. The van der Waals surface area contributed by atoms with Crippen LogP contribution < -0.4 is 5.32 Å². The molecule has 0 aromatic heterocycles.